The van der Waals surface area contributed by atoms with Crippen molar-refractivity contribution < 1.29 is 8.42 Å². The number of hydrogen-bond acceptors (Lipinski definition) is 3. The lowest BCUT2D eigenvalue weighted by atomic mass is 10.1. The first kappa shape index (κ1) is 13.6. The molecule has 0 aliphatic carbocycles. The minimum atomic E-state index is -3.41. The molecule has 0 bridgehead atoms. The summed E-state index contributed by atoms with van der Waals surface area (Å²) >= 11 is 3.34. The summed E-state index contributed by atoms with van der Waals surface area (Å²) in [5.74, 6) is 0. The van der Waals surface area contributed by atoms with Gasteiger partial charge in [0.1, 0.15) is 0 Å². The monoisotopic (exact) mass is 306 g/mol. The first-order valence-electron chi connectivity index (χ1n) is 4.72. The molecule has 90 valence electrons. The van der Waals surface area contributed by atoms with Crippen LogP contribution in [0.15, 0.2) is 21.5 Å². The fraction of sp³-hybridized carbons (Fsp3) is 0.400. The quantitative estimate of drug-likeness (QED) is 0.919. The molecule has 0 radical (unpaired) electrons. The number of nitrogens with two attached hydrogens (primary N) is 1. The van der Waals surface area contributed by atoms with E-state index in [2.05, 4.69) is 15.9 Å². The van der Waals surface area contributed by atoms with Gasteiger partial charge in [0.15, 0.2) is 0 Å². The summed E-state index contributed by atoms with van der Waals surface area (Å²) in [6.45, 7) is 2.08. The molecule has 0 unspecified atom stereocenters. The molecule has 1 rings (SSSR count). The van der Waals surface area contributed by atoms with Crippen LogP contribution in [0.2, 0.25) is 0 Å². The number of hydrogen-bond donors (Lipinski definition) is 1. The summed E-state index contributed by atoms with van der Waals surface area (Å²) in [6, 6.07) is 3.46. The standard InChI is InChI=1S/C10H15BrN2O2S/c1-7-9(11)4-8(6-12)5-10(7)16(14,15)13(2)3/h4-5H,6,12H2,1-3H3. The average Bonchev–Trinajstić information content (AvgIpc) is 2.21. The molecule has 0 aliphatic rings. The Kier molecular flexibility index (Phi) is 4.12. The van der Waals surface area contributed by atoms with Crippen LogP contribution < -0.4 is 5.73 Å². The van der Waals surface area contributed by atoms with Crippen LogP contribution in [-0.2, 0) is 16.6 Å². The smallest absolute Gasteiger partial charge is 0.242 e. The lowest BCUT2D eigenvalue weighted by molar-refractivity contribution is 0.520. The van der Waals surface area contributed by atoms with Gasteiger partial charge in [0, 0.05) is 25.1 Å². The molecule has 0 heterocycles. The number of halogens is 1. The second-order valence-electron chi connectivity index (χ2n) is 3.69. The molecule has 2 N–H and O–H groups in total. The average molecular weight is 307 g/mol. The Bertz CT molecular complexity index is 498. The van der Waals surface area contributed by atoms with Crippen molar-refractivity contribution in [2.24, 2.45) is 5.73 Å². The Hall–Kier alpha value is -0.430. The number of sulfonamides is 1. The Morgan fingerprint density at radius 2 is 1.94 bits per heavy atom. The normalized spacial score (nSPS) is 12.1. The van der Waals surface area contributed by atoms with Gasteiger partial charge in [-0.3, -0.25) is 0 Å². The molecule has 0 amide bonds. The summed E-state index contributed by atoms with van der Waals surface area (Å²) in [4.78, 5) is 0.298. The third kappa shape index (κ3) is 2.45. The predicted octanol–water partition coefficient (Wildman–Crippen LogP) is 1.47. The zero-order valence-corrected chi connectivity index (χ0v) is 11.9. The van der Waals surface area contributed by atoms with Gasteiger partial charge in [-0.1, -0.05) is 15.9 Å². The number of nitrogens with zero attached hydrogens (tertiary/aromatic N) is 1. The minimum absolute atomic E-state index is 0.298. The van der Waals surface area contributed by atoms with Crippen LogP contribution >= 0.6 is 15.9 Å². The highest BCUT2D eigenvalue weighted by Gasteiger charge is 2.21. The molecule has 0 atom stereocenters. The maximum absolute atomic E-state index is 12.0. The third-order valence-electron chi connectivity index (χ3n) is 2.35. The number of benzene rings is 1. The summed E-state index contributed by atoms with van der Waals surface area (Å²) < 4.78 is 26.0. The van der Waals surface area contributed by atoms with Gasteiger partial charge in [-0.15, -0.1) is 0 Å². The highest BCUT2D eigenvalue weighted by Crippen LogP contribution is 2.27. The third-order valence-corrected chi connectivity index (χ3v) is 5.12. The van der Waals surface area contributed by atoms with Crippen LogP contribution in [0.1, 0.15) is 11.1 Å². The molecule has 0 spiro atoms. The van der Waals surface area contributed by atoms with Crippen molar-refractivity contribution in [3.63, 3.8) is 0 Å². The van der Waals surface area contributed by atoms with Crippen molar-refractivity contribution in [2.45, 2.75) is 18.4 Å². The van der Waals surface area contributed by atoms with Crippen molar-refractivity contribution in [3.8, 4) is 0 Å². The molecule has 0 saturated carbocycles. The second kappa shape index (κ2) is 4.83. The SMILES string of the molecule is Cc1c(Br)cc(CN)cc1S(=O)(=O)N(C)C. The zero-order valence-electron chi connectivity index (χ0n) is 9.49. The topological polar surface area (TPSA) is 63.4 Å². The van der Waals surface area contributed by atoms with Gasteiger partial charge < -0.3 is 5.73 Å². The maximum Gasteiger partial charge on any atom is 0.242 e. The van der Waals surface area contributed by atoms with Gasteiger partial charge in [0.05, 0.1) is 4.90 Å². The zero-order chi connectivity index (χ0) is 12.5. The predicted molar refractivity (Wildman–Crippen MR) is 67.6 cm³/mol. The molecule has 16 heavy (non-hydrogen) atoms. The van der Waals surface area contributed by atoms with Crippen molar-refractivity contribution >= 4 is 26.0 Å². The van der Waals surface area contributed by atoms with Crippen LogP contribution in [0.25, 0.3) is 0 Å². The summed E-state index contributed by atoms with van der Waals surface area (Å²) in [7, 11) is -0.391. The first-order valence-corrected chi connectivity index (χ1v) is 6.95. The molecular formula is C10H15BrN2O2S. The molecule has 0 aromatic heterocycles. The second-order valence-corrected chi connectivity index (χ2v) is 6.67. The van der Waals surface area contributed by atoms with E-state index in [0.717, 1.165) is 10.0 Å². The number of rotatable bonds is 3. The first-order chi connectivity index (χ1) is 7.30. The van der Waals surface area contributed by atoms with E-state index < -0.39 is 10.0 Å². The van der Waals surface area contributed by atoms with E-state index in [1.54, 1.807) is 13.0 Å². The van der Waals surface area contributed by atoms with Gasteiger partial charge in [-0.25, -0.2) is 12.7 Å². The van der Waals surface area contributed by atoms with E-state index in [-0.39, 0.29) is 0 Å². The maximum atomic E-state index is 12.0. The highest BCUT2D eigenvalue weighted by molar-refractivity contribution is 9.10. The molecule has 1 aromatic rings. The lowest BCUT2D eigenvalue weighted by Crippen LogP contribution is -2.23. The van der Waals surface area contributed by atoms with Gasteiger partial charge in [-0.2, -0.15) is 0 Å². The molecule has 0 saturated heterocycles. The van der Waals surface area contributed by atoms with Crippen LogP contribution in [-0.4, -0.2) is 26.8 Å². The van der Waals surface area contributed by atoms with Crippen molar-refractivity contribution in [2.75, 3.05) is 14.1 Å². The summed E-state index contributed by atoms with van der Waals surface area (Å²) in [5.41, 5.74) is 7.02. The Labute approximate surface area is 105 Å². The Morgan fingerprint density at radius 1 is 1.38 bits per heavy atom. The van der Waals surface area contributed by atoms with E-state index in [1.165, 1.54) is 18.4 Å². The van der Waals surface area contributed by atoms with Crippen molar-refractivity contribution in [1.29, 1.82) is 0 Å². The molecule has 6 heteroatoms. The fourth-order valence-electron chi connectivity index (χ4n) is 1.29. The fourth-order valence-corrected chi connectivity index (χ4v) is 3.12. The van der Waals surface area contributed by atoms with Crippen LogP contribution in [0, 0.1) is 6.92 Å². The summed E-state index contributed by atoms with van der Waals surface area (Å²) in [5, 5.41) is 0. The highest BCUT2D eigenvalue weighted by atomic mass is 79.9. The van der Waals surface area contributed by atoms with Gasteiger partial charge in [0.25, 0.3) is 0 Å². The van der Waals surface area contributed by atoms with E-state index >= 15 is 0 Å². The molecular weight excluding hydrogens is 292 g/mol. The lowest BCUT2D eigenvalue weighted by Gasteiger charge is -2.15. The van der Waals surface area contributed by atoms with E-state index in [1.807, 2.05) is 6.07 Å². The van der Waals surface area contributed by atoms with E-state index in [4.69, 9.17) is 5.73 Å². The van der Waals surface area contributed by atoms with Gasteiger partial charge >= 0.3 is 0 Å². The van der Waals surface area contributed by atoms with E-state index in [0.29, 0.717) is 17.0 Å². The Morgan fingerprint density at radius 3 is 2.38 bits per heavy atom. The van der Waals surface area contributed by atoms with Gasteiger partial charge in [0.2, 0.25) is 10.0 Å². The van der Waals surface area contributed by atoms with Crippen molar-refractivity contribution in [1.82, 2.24) is 4.31 Å². The largest absolute Gasteiger partial charge is 0.326 e. The van der Waals surface area contributed by atoms with Crippen LogP contribution in [0.4, 0.5) is 0 Å². The molecule has 0 aliphatic heterocycles. The Balaban J connectivity index is 3.51. The molecule has 0 fully saturated rings. The summed E-state index contributed by atoms with van der Waals surface area (Å²) in [6.07, 6.45) is 0. The minimum Gasteiger partial charge on any atom is -0.326 e. The van der Waals surface area contributed by atoms with E-state index in [9.17, 15) is 8.42 Å². The molecule has 4 nitrogen and oxygen atoms in total. The van der Waals surface area contributed by atoms with Crippen LogP contribution in [0.5, 0.6) is 0 Å². The van der Waals surface area contributed by atoms with Crippen molar-refractivity contribution in [3.05, 3.63) is 27.7 Å². The van der Waals surface area contributed by atoms with Crippen LogP contribution in [0.3, 0.4) is 0 Å². The van der Waals surface area contributed by atoms with Gasteiger partial charge in [-0.05, 0) is 30.2 Å². The molecule has 1 aromatic carbocycles.